The highest BCUT2D eigenvalue weighted by molar-refractivity contribution is 5.27. The Kier molecular flexibility index (Phi) is 3.20. The minimum absolute atomic E-state index is 1.24. The van der Waals surface area contributed by atoms with Gasteiger partial charge in [0.25, 0.3) is 0 Å². The van der Waals surface area contributed by atoms with Crippen molar-refractivity contribution < 1.29 is 0 Å². The average Bonchev–Trinajstić information content (AvgIpc) is 2.28. The first-order valence-corrected chi connectivity index (χ1v) is 5.61. The van der Waals surface area contributed by atoms with E-state index in [2.05, 4.69) is 36.2 Å². The van der Waals surface area contributed by atoms with E-state index in [0.717, 1.165) is 0 Å². The van der Waals surface area contributed by atoms with Gasteiger partial charge < -0.3 is 4.90 Å². The van der Waals surface area contributed by atoms with Gasteiger partial charge in [-0.25, -0.2) is 0 Å². The van der Waals surface area contributed by atoms with Crippen LogP contribution in [0.25, 0.3) is 0 Å². The molecule has 1 aliphatic heterocycles. The largest absolute Gasteiger partial charge is 0.306 e. The standard InChI is InChI=1S/C13H19N/c1-14-10-4-8-12-6-2-3-7-13(12)9-5-11-14/h2-3,6-7H,4-5,8-11H2,1H3. The van der Waals surface area contributed by atoms with Crippen molar-refractivity contribution in [3.05, 3.63) is 35.4 Å². The second-order valence-electron chi connectivity index (χ2n) is 4.28. The van der Waals surface area contributed by atoms with Gasteiger partial charge in [-0.05, 0) is 56.9 Å². The zero-order chi connectivity index (χ0) is 9.80. The Morgan fingerprint density at radius 1 is 0.929 bits per heavy atom. The molecule has 0 aliphatic carbocycles. The molecule has 1 aromatic carbocycles. The van der Waals surface area contributed by atoms with E-state index in [4.69, 9.17) is 0 Å². The number of fused-ring (bicyclic) bond motifs is 1. The molecule has 1 heteroatoms. The Bertz CT molecular complexity index is 264. The summed E-state index contributed by atoms with van der Waals surface area (Å²) >= 11 is 0. The fraction of sp³-hybridized carbons (Fsp3) is 0.538. The molecule has 0 aromatic heterocycles. The number of benzene rings is 1. The van der Waals surface area contributed by atoms with Gasteiger partial charge in [-0.3, -0.25) is 0 Å². The first-order chi connectivity index (χ1) is 6.86. The van der Waals surface area contributed by atoms with Gasteiger partial charge in [0.05, 0.1) is 0 Å². The smallest absolute Gasteiger partial charge is 0.00186 e. The maximum atomic E-state index is 2.45. The average molecular weight is 189 g/mol. The zero-order valence-electron chi connectivity index (χ0n) is 9.00. The monoisotopic (exact) mass is 189 g/mol. The third-order valence-corrected chi connectivity index (χ3v) is 3.09. The predicted octanol–water partition coefficient (Wildman–Crippen LogP) is 2.50. The van der Waals surface area contributed by atoms with Gasteiger partial charge in [-0.1, -0.05) is 24.3 Å². The minimum atomic E-state index is 1.24. The lowest BCUT2D eigenvalue weighted by Gasteiger charge is -2.13. The van der Waals surface area contributed by atoms with Gasteiger partial charge in [0.2, 0.25) is 0 Å². The summed E-state index contributed by atoms with van der Waals surface area (Å²) < 4.78 is 0. The van der Waals surface area contributed by atoms with Gasteiger partial charge in [0.1, 0.15) is 0 Å². The van der Waals surface area contributed by atoms with Crippen LogP contribution in [0.4, 0.5) is 0 Å². The van der Waals surface area contributed by atoms with Crippen LogP contribution in [0.15, 0.2) is 24.3 Å². The van der Waals surface area contributed by atoms with Gasteiger partial charge in [0.15, 0.2) is 0 Å². The molecule has 76 valence electrons. The summed E-state index contributed by atoms with van der Waals surface area (Å²) in [5.74, 6) is 0. The van der Waals surface area contributed by atoms with E-state index in [-0.39, 0.29) is 0 Å². The van der Waals surface area contributed by atoms with Crippen LogP contribution in [0.2, 0.25) is 0 Å². The minimum Gasteiger partial charge on any atom is -0.306 e. The van der Waals surface area contributed by atoms with E-state index < -0.39 is 0 Å². The van der Waals surface area contributed by atoms with Crippen molar-refractivity contribution in [2.45, 2.75) is 25.7 Å². The summed E-state index contributed by atoms with van der Waals surface area (Å²) in [6.45, 7) is 2.49. The Morgan fingerprint density at radius 2 is 1.43 bits per heavy atom. The van der Waals surface area contributed by atoms with Crippen molar-refractivity contribution in [3.8, 4) is 0 Å². The molecular weight excluding hydrogens is 170 g/mol. The van der Waals surface area contributed by atoms with E-state index in [1.165, 1.54) is 38.8 Å². The second-order valence-corrected chi connectivity index (χ2v) is 4.28. The molecule has 1 aliphatic rings. The Hall–Kier alpha value is -0.820. The van der Waals surface area contributed by atoms with E-state index >= 15 is 0 Å². The molecule has 0 radical (unpaired) electrons. The number of nitrogens with zero attached hydrogens (tertiary/aromatic N) is 1. The molecule has 1 heterocycles. The van der Waals surface area contributed by atoms with Crippen LogP contribution >= 0.6 is 0 Å². The van der Waals surface area contributed by atoms with Crippen LogP contribution in [0, 0.1) is 0 Å². The summed E-state index contributed by atoms with van der Waals surface area (Å²) in [5.41, 5.74) is 3.14. The van der Waals surface area contributed by atoms with Gasteiger partial charge in [0, 0.05) is 0 Å². The van der Waals surface area contributed by atoms with Gasteiger partial charge in [-0.15, -0.1) is 0 Å². The van der Waals surface area contributed by atoms with E-state index in [1.807, 2.05) is 0 Å². The molecule has 0 N–H and O–H groups in total. The molecular formula is C13H19N. The van der Waals surface area contributed by atoms with E-state index in [9.17, 15) is 0 Å². The van der Waals surface area contributed by atoms with Crippen molar-refractivity contribution in [1.82, 2.24) is 4.90 Å². The van der Waals surface area contributed by atoms with Gasteiger partial charge in [-0.2, -0.15) is 0 Å². The summed E-state index contributed by atoms with van der Waals surface area (Å²) in [5, 5.41) is 0. The van der Waals surface area contributed by atoms with Crippen molar-refractivity contribution >= 4 is 0 Å². The van der Waals surface area contributed by atoms with Crippen molar-refractivity contribution in [2.24, 2.45) is 0 Å². The first-order valence-electron chi connectivity index (χ1n) is 5.61. The fourth-order valence-corrected chi connectivity index (χ4v) is 2.24. The topological polar surface area (TPSA) is 3.24 Å². The van der Waals surface area contributed by atoms with Crippen molar-refractivity contribution in [3.63, 3.8) is 0 Å². The SMILES string of the molecule is CN1CCCc2ccccc2CCC1. The van der Waals surface area contributed by atoms with Crippen LogP contribution in [-0.2, 0) is 12.8 Å². The molecule has 0 amide bonds. The number of aryl methyl sites for hydroxylation is 2. The second kappa shape index (κ2) is 4.61. The first kappa shape index (κ1) is 9.72. The third-order valence-electron chi connectivity index (χ3n) is 3.09. The van der Waals surface area contributed by atoms with Crippen molar-refractivity contribution in [1.29, 1.82) is 0 Å². The Labute approximate surface area is 86.7 Å². The predicted molar refractivity (Wildman–Crippen MR) is 60.6 cm³/mol. The fourth-order valence-electron chi connectivity index (χ4n) is 2.24. The lowest BCUT2D eigenvalue weighted by atomic mass is 10.00. The number of hydrogen-bond donors (Lipinski definition) is 0. The molecule has 0 spiro atoms. The highest BCUT2D eigenvalue weighted by atomic mass is 15.1. The third kappa shape index (κ3) is 2.36. The van der Waals surface area contributed by atoms with Crippen LogP contribution in [-0.4, -0.2) is 25.0 Å². The molecule has 1 nitrogen and oxygen atoms in total. The number of rotatable bonds is 0. The summed E-state index contributed by atoms with van der Waals surface area (Å²) in [4.78, 5) is 2.45. The van der Waals surface area contributed by atoms with Crippen molar-refractivity contribution in [2.75, 3.05) is 20.1 Å². The Morgan fingerprint density at radius 3 is 1.93 bits per heavy atom. The molecule has 0 unspecified atom stereocenters. The normalized spacial score (nSPS) is 19.2. The maximum Gasteiger partial charge on any atom is -0.00186 e. The van der Waals surface area contributed by atoms with Crippen LogP contribution in [0.1, 0.15) is 24.0 Å². The molecule has 0 bridgehead atoms. The van der Waals surface area contributed by atoms with Crippen LogP contribution < -0.4 is 0 Å². The highest BCUT2D eigenvalue weighted by Crippen LogP contribution is 2.15. The molecule has 14 heavy (non-hydrogen) atoms. The summed E-state index contributed by atoms with van der Waals surface area (Å²) in [7, 11) is 2.23. The number of hydrogen-bond acceptors (Lipinski definition) is 1. The van der Waals surface area contributed by atoms with Crippen LogP contribution in [0.3, 0.4) is 0 Å². The Balaban J connectivity index is 2.13. The molecule has 0 saturated heterocycles. The van der Waals surface area contributed by atoms with Gasteiger partial charge >= 0.3 is 0 Å². The molecule has 0 saturated carbocycles. The lowest BCUT2D eigenvalue weighted by molar-refractivity contribution is 0.328. The molecule has 0 atom stereocenters. The van der Waals surface area contributed by atoms with E-state index in [1.54, 1.807) is 11.1 Å². The summed E-state index contributed by atoms with van der Waals surface area (Å²) in [6, 6.07) is 8.92. The van der Waals surface area contributed by atoms with E-state index in [0.29, 0.717) is 0 Å². The van der Waals surface area contributed by atoms with Crippen LogP contribution in [0.5, 0.6) is 0 Å². The molecule has 2 rings (SSSR count). The molecule has 1 aromatic rings. The quantitative estimate of drug-likeness (QED) is 0.606. The maximum absolute atomic E-state index is 2.45. The zero-order valence-corrected chi connectivity index (χ0v) is 9.00. The molecule has 0 fully saturated rings. The summed E-state index contributed by atoms with van der Waals surface area (Å²) in [6.07, 6.45) is 5.10. The highest BCUT2D eigenvalue weighted by Gasteiger charge is 2.06. The lowest BCUT2D eigenvalue weighted by Crippen LogP contribution is -2.20.